The summed E-state index contributed by atoms with van der Waals surface area (Å²) in [7, 11) is 0. The molecule has 7 heteroatoms. The van der Waals surface area contributed by atoms with E-state index in [0.717, 1.165) is 0 Å². The zero-order valence-corrected chi connectivity index (χ0v) is 11.4. The van der Waals surface area contributed by atoms with Gasteiger partial charge in [0.05, 0.1) is 16.2 Å². The van der Waals surface area contributed by atoms with Gasteiger partial charge in [-0.1, -0.05) is 0 Å². The molecule has 1 aromatic heterocycles. The normalized spacial score (nSPS) is 9.65. The molecular weight excluding hydrogens is 282 g/mol. The first-order valence-electron chi connectivity index (χ1n) is 5.51. The number of nitro benzene ring substituents is 1. The third kappa shape index (κ3) is 2.92. The van der Waals surface area contributed by atoms with E-state index in [4.69, 9.17) is 5.73 Å². The van der Waals surface area contributed by atoms with Gasteiger partial charge in [0.1, 0.15) is 0 Å². The van der Waals surface area contributed by atoms with Gasteiger partial charge in [-0.05, 0) is 30.7 Å². The molecule has 1 amide bonds. The molecule has 0 aliphatic carbocycles. The molecule has 0 spiro atoms. The van der Waals surface area contributed by atoms with E-state index in [1.54, 1.807) is 31.3 Å². The Morgan fingerprint density at radius 2 is 2.05 bits per heavy atom. The Bertz CT molecular complexity index is 674. The highest BCUT2D eigenvalue weighted by Crippen LogP contribution is 2.27. The number of carbonyl (C=O) groups is 1. The minimum absolute atomic E-state index is 0. The van der Waals surface area contributed by atoms with Crippen molar-refractivity contribution in [2.75, 3.05) is 0 Å². The van der Waals surface area contributed by atoms with Gasteiger partial charge in [0, 0.05) is 23.9 Å². The second kappa shape index (κ2) is 6.12. The van der Waals surface area contributed by atoms with Crippen molar-refractivity contribution < 1.29 is 9.72 Å². The number of non-ortho nitro benzene ring substituents is 1. The van der Waals surface area contributed by atoms with E-state index in [1.165, 1.54) is 12.1 Å². The monoisotopic (exact) mass is 293 g/mol. The molecule has 20 heavy (non-hydrogen) atoms. The summed E-state index contributed by atoms with van der Waals surface area (Å²) in [5, 5.41) is 10.7. The first-order valence-corrected chi connectivity index (χ1v) is 5.51. The number of rotatable bonds is 3. The van der Waals surface area contributed by atoms with Gasteiger partial charge >= 0.3 is 0 Å². The summed E-state index contributed by atoms with van der Waals surface area (Å²) >= 11 is 0. The summed E-state index contributed by atoms with van der Waals surface area (Å²) in [6, 6.07) is 7.58. The van der Waals surface area contributed by atoms with Crippen LogP contribution in [-0.4, -0.2) is 15.8 Å². The van der Waals surface area contributed by atoms with Crippen molar-refractivity contribution in [3.05, 3.63) is 57.8 Å². The van der Waals surface area contributed by atoms with Crippen molar-refractivity contribution in [3.63, 3.8) is 0 Å². The van der Waals surface area contributed by atoms with Crippen molar-refractivity contribution in [1.29, 1.82) is 0 Å². The molecule has 2 N–H and O–H groups in total. The van der Waals surface area contributed by atoms with Crippen LogP contribution in [-0.2, 0) is 0 Å². The number of amides is 1. The van der Waals surface area contributed by atoms with Gasteiger partial charge in [-0.25, -0.2) is 0 Å². The number of primary amides is 1. The SMILES string of the molecule is Cc1cc([N+](=O)[O-])ccc1-c1ncccc1C(N)=O.Cl. The molecule has 0 bridgehead atoms. The molecule has 0 atom stereocenters. The molecular formula is C13H12ClN3O3. The Kier molecular flexibility index (Phi) is 4.77. The fourth-order valence-corrected chi connectivity index (χ4v) is 1.85. The summed E-state index contributed by atoms with van der Waals surface area (Å²) in [6.07, 6.45) is 1.54. The molecule has 0 aliphatic rings. The van der Waals surface area contributed by atoms with E-state index in [-0.39, 0.29) is 18.1 Å². The van der Waals surface area contributed by atoms with Gasteiger partial charge in [-0.2, -0.15) is 0 Å². The maximum atomic E-state index is 11.4. The molecule has 2 rings (SSSR count). The highest BCUT2D eigenvalue weighted by atomic mass is 35.5. The molecule has 0 saturated carbocycles. The number of nitrogens with two attached hydrogens (primary N) is 1. The lowest BCUT2D eigenvalue weighted by Crippen LogP contribution is -2.13. The quantitative estimate of drug-likeness (QED) is 0.694. The number of hydrogen-bond donors (Lipinski definition) is 1. The van der Waals surface area contributed by atoms with Crippen LogP contribution in [0.5, 0.6) is 0 Å². The summed E-state index contributed by atoms with van der Waals surface area (Å²) in [4.78, 5) is 25.7. The maximum absolute atomic E-state index is 11.4. The fraction of sp³-hybridized carbons (Fsp3) is 0.0769. The van der Waals surface area contributed by atoms with Crippen LogP contribution in [0.25, 0.3) is 11.3 Å². The lowest BCUT2D eigenvalue weighted by molar-refractivity contribution is -0.384. The van der Waals surface area contributed by atoms with Crippen LogP contribution in [0.1, 0.15) is 15.9 Å². The van der Waals surface area contributed by atoms with Crippen molar-refractivity contribution in [2.45, 2.75) is 6.92 Å². The topological polar surface area (TPSA) is 99.1 Å². The van der Waals surface area contributed by atoms with Crippen LogP contribution >= 0.6 is 12.4 Å². The van der Waals surface area contributed by atoms with Crippen molar-refractivity contribution in [2.24, 2.45) is 5.73 Å². The largest absolute Gasteiger partial charge is 0.366 e. The van der Waals surface area contributed by atoms with Crippen molar-refractivity contribution >= 4 is 24.0 Å². The van der Waals surface area contributed by atoms with Gasteiger partial charge in [0.2, 0.25) is 0 Å². The Labute approximate surface area is 121 Å². The molecule has 0 fully saturated rings. The zero-order chi connectivity index (χ0) is 14.0. The summed E-state index contributed by atoms with van der Waals surface area (Å²) in [6.45, 7) is 1.72. The van der Waals surface area contributed by atoms with Crippen LogP contribution in [0.3, 0.4) is 0 Å². The predicted octanol–water partition coefficient (Wildman–Crippen LogP) is 2.49. The average molecular weight is 294 g/mol. The van der Waals surface area contributed by atoms with E-state index >= 15 is 0 Å². The van der Waals surface area contributed by atoms with Gasteiger partial charge in [0.15, 0.2) is 0 Å². The molecule has 104 valence electrons. The number of benzene rings is 1. The molecule has 6 nitrogen and oxygen atoms in total. The molecule has 1 heterocycles. The molecule has 0 unspecified atom stereocenters. The highest BCUT2D eigenvalue weighted by molar-refractivity contribution is 5.99. The zero-order valence-electron chi connectivity index (χ0n) is 10.6. The number of pyridine rings is 1. The summed E-state index contributed by atoms with van der Waals surface area (Å²) in [5.41, 5.74) is 7.33. The minimum Gasteiger partial charge on any atom is -0.366 e. The van der Waals surface area contributed by atoms with Gasteiger partial charge in [-0.15, -0.1) is 12.4 Å². The first kappa shape index (κ1) is 15.6. The Morgan fingerprint density at radius 3 is 2.60 bits per heavy atom. The highest BCUT2D eigenvalue weighted by Gasteiger charge is 2.15. The number of carbonyl (C=O) groups excluding carboxylic acids is 1. The molecule has 0 saturated heterocycles. The number of aromatic nitrogens is 1. The van der Waals surface area contributed by atoms with E-state index in [1.807, 2.05) is 0 Å². The summed E-state index contributed by atoms with van der Waals surface area (Å²) in [5.74, 6) is -0.583. The number of nitro groups is 1. The minimum atomic E-state index is -0.583. The summed E-state index contributed by atoms with van der Waals surface area (Å²) < 4.78 is 0. The predicted molar refractivity (Wildman–Crippen MR) is 76.8 cm³/mol. The molecule has 1 aromatic carbocycles. The fourth-order valence-electron chi connectivity index (χ4n) is 1.85. The average Bonchev–Trinajstić information content (AvgIpc) is 2.38. The Hall–Kier alpha value is -2.47. The van der Waals surface area contributed by atoms with Crippen LogP contribution < -0.4 is 5.73 Å². The second-order valence-electron chi connectivity index (χ2n) is 4.02. The van der Waals surface area contributed by atoms with E-state index in [9.17, 15) is 14.9 Å². The number of aryl methyl sites for hydroxylation is 1. The number of nitrogens with zero attached hydrogens (tertiary/aromatic N) is 2. The van der Waals surface area contributed by atoms with Crippen molar-refractivity contribution in [3.8, 4) is 11.3 Å². The van der Waals surface area contributed by atoms with E-state index < -0.39 is 10.8 Å². The third-order valence-electron chi connectivity index (χ3n) is 2.75. The molecule has 0 radical (unpaired) electrons. The Morgan fingerprint density at radius 1 is 1.35 bits per heavy atom. The molecule has 2 aromatic rings. The second-order valence-corrected chi connectivity index (χ2v) is 4.02. The van der Waals surface area contributed by atoms with Crippen LogP contribution in [0, 0.1) is 17.0 Å². The lowest BCUT2D eigenvalue weighted by atomic mass is 10.0. The molecule has 0 aliphatic heterocycles. The van der Waals surface area contributed by atoms with Crippen LogP contribution in [0.4, 0.5) is 5.69 Å². The third-order valence-corrected chi connectivity index (χ3v) is 2.75. The number of hydrogen-bond acceptors (Lipinski definition) is 4. The van der Waals surface area contributed by atoms with Gasteiger partial charge in [0.25, 0.3) is 11.6 Å². The number of halogens is 1. The lowest BCUT2D eigenvalue weighted by Gasteiger charge is -2.08. The smallest absolute Gasteiger partial charge is 0.269 e. The van der Waals surface area contributed by atoms with Gasteiger partial charge in [-0.3, -0.25) is 19.9 Å². The maximum Gasteiger partial charge on any atom is 0.269 e. The van der Waals surface area contributed by atoms with E-state index in [0.29, 0.717) is 22.4 Å². The van der Waals surface area contributed by atoms with Crippen LogP contribution in [0.15, 0.2) is 36.5 Å². The van der Waals surface area contributed by atoms with E-state index in [2.05, 4.69) is 4.98 Å². The standard InChI is InChI=1S/C13H11N3O3.ClH/c1-8-7-9(16(18)19)4-5-10(8)12-11(13(14)17)3-2-6-15-12;/h2-7H,1H3,(H2,14,17);1H. The van der Waals surface area contributed by atoms with Gasteiger partial charge < -0.3 is 5.73 Å². The Balaban J connectivity index is 0.00000200. The first-order chi connectivity index (χ1) is 9.00. The van der Waals surface area contributed by atoms with Crippen molar-refractivity contribution in [1.82, 2.24) is 4.98 Å². The van der Waals surface area contributed by atoms with Crippen LogP contribution in [0.2, 0.25) is 0 Å².